The molecule has 0 unspecified atom stereocenters. The maximum absolute atomic E-state index is 13.1. The number of hydrogen-bond acceptors (Lipinski definition) is 4. The third-order valence-electron chi connectivity index (χ3n) is 3.98. The van der Waals surface area contributed by atoms with E-state index in [2.05, 4.69) is 32.2 Å². The molecule has 0 amide bonds. The van der Waals surface area contributed by atoms with Crippen molar-refractivity contribution in [1.82, 2.24) is 10.3 Å². The number of thiophene rings is 1. The van der Waals surface area contributed by atoms with E-state index in [1.54, 1.807) is 23.5 Å². The van der Waals surface area contributed by atoms with Crippen LogP contribution in [0.15, 0.2) is 57.7 Å². The van der Waals surface area contributed by atoms with E-state index in [1.165, 1.54) is 17.8 Å². The van der Waals surface area contributed by atoms with Crippen molar-refractivity contribution in [3.05, 3.63) is 75.3 Å². The van der Waals surface area contributed by atoms with Gasteiger partial charge in [0.1, 0.15) is 17.5 Å². The van der Waals surface area contributed by atoms with Crippen LogP contribution in [0.2, 0.25) is 0 Å². The molecule has 0 spiro atoms. The van der Waals surface area contributed by atoms with Gasteiger partial charge in [0, 0.05) is 0 Å². The van der Waals surface area contributed by atoms with Crippen LogP contribution in [0.1, 0.15) is 48.5 Å². The molecule has 2 aromatic rings. The van der Waals surface area contributed by atoms with Gasteiger partial charge in [-0.1, -0.05) is 12.2 Å². The Morgan fingerprint density at radius 2 is 2.04 bits per heavy atom. The third-order valence-corrected chi connectivity index (χ3v) is 5.17. The fourth-order valence-corrected chi connectivity index (χ4v) is 3.43. The second-order valence-electron chi connectivity index (χ2n) is 6.78. The van der Waals surface area contributed by atoms with Gasteiger partial charge in [-0.15, -0.1) is 11.3 Å². The molecule has 1 atom stereocenters. The van der Waals surface area contributed by atoms with Gasteiger partial charge in [-0.25, -0.2) is 14.4 Å². The molecule has 0 aliphatic rings. The maximum Gasteiger partial charge on any atom is 0.174 e. The molecule has 0 aliphatic carbocycles. The highest BCUT2D eigenvalue weighted by atomic mass is 32.1. The van der Waals surface area contributed by atoms with Crippen molar-refractivity contribution in [2.75, 3.05) is 0 Å². The van der Waals surface area contributed by atoms with Gasteiger partial charge in [-0.05, 0) is 69.3 Å². The monoisotopic (exact) mass is 399 g/mol. The van der Waals surface area contributed by atoms with Crippen molar-refractivity contribution in [1.29, 1.82) is 0 Å². The number of allylic oxidation sites excluding steroid dienone is 1. The number of nitrogens with one attached hydrogen (secondary N) is 1. The zero-order valence-electron chi connectivity index (χ0n) is 16.9. The van der Waals surface area contributed by atoms with E-state index in [0.717, 1.165) is 16.0 Å². The summed E-state index contributed by atoms with van der Waals surface area (Å²) in [5.41, 5.74) is 10.1. The molecule has 0 saturated heterocycles. The standard InChI is InChI=1S/C21H26FN5S/c1-12(2)9-19(23)27-21(20-14(4)13(3)11-28-20)26-16(6)25-15(5)18-8-7-17(22)10-24-18/h7-11,15,25H,6H2,1-5H3,(H2,23,26,27)/t15-/m0/s1. The Bertz CT molecular complexity index is 934. The molecule has 7 heteroatoms. The Morgan fingerprint density at radius 3 is 2.57 bits per heavy atom. The van der Waals surface area contributed by atoms with Gasteiger partial charge < -0.3 is 11.1 Å². The van der Waals surface area contributed by atoms with Gasteiger partial charge in [0.15, 0.2) is 5.84 Å². The molecular formula is C21H26FN5S. The van der Waals surface area contributed by atoms with E-state index in [9.17, 15) is 4.39 Å². The van der Waals surface area contributed by atoms with Crippen LogP contribution in [0.5, 0.6) is 0 Å². The highest BCUT2D eigenvalue weighted by Crippen LogP contribution is 2.23. The number of nitrogens with zero attached hydrogens (tertiary/aromatic N) is 3. The molecule has 0 aliphatic heterocycles. The Kier molecular flexibility index (Phi) is 7.23. The molecular weight excluding hydrogens is 373 g/mol. The molecule has 0 saturated carbocycles. The zero-order valence-corrected chi connectivity index (χ0v) is 17.7. The number of nitrogens with two attached hydrogens (primary N) is 1. The molecule has 3 N–H and O–H groups in total. The number of rotatable bonds is 6. The van der Waals surface area contributed by atoms with Crippen LogP contribution < -0.4 is 11.1 Å². The average molecular weight is 400 g/mol. The lowest BCUT2D eigenvalue weighted by molar-refractivity contribution is 0.600. The van der Waals surface area contributed by atoms with Gasteiger partial charge >= 0.3 is 0 Å². The van der Waals surface area contributed by atoms with Crippen LogP contribution in [0, 0.1) is 19.7 Å². The van der Waals surface area contributed by atoms with Gasteiger partial charge in [-0.3, -0.25) is 4.98 Å². The number of aryl methyl sites for hydroxylation is 1. The van der Waals surface area contributed by atoms with E-state index < -0.39 is 0 Å². The highest BCUT2D eigenvalue weighted by molar-refractivity contribution is 7.12. The molecule has 0 fully saturated rings. The summed E-state index contributed by atoms with van der Waals surface area (Å²) in [5.74, 6) is 0.933. The quantitative estimate of drug-likeness (QED) is 0.542. The second kappa shape index (κ2) is 9.41. The number of hydrogen-bond donors (Lipinski definition) is 2. The molecule has 2 rings (SSSR count). The highest BCUT2D eigenvalue weighted by Gasteiger charge is 2.13. The first kappa shape index (κ1) is 21.5. The first-order chi connectivity index (χ1) is 13.2. The average Bonchev–Trinajstić information content (AvgIpc) is 2.93. The van der Waals surface area contributed by atoms with E-state index in [4.69, 9.17) is 5.73 Å². The Morgan fingerprint density at radius 1 is 1.32 bits per heavy atom. The van der Waals surface area contributed by atoms with Crippen LogP contribution in [0.3, 0.4) is 0 Å². The molecule has 28 heavy (non-hydrogen) atoms. The lowest BCUT2D eigenvalue weighted by Gasteiger charge is -2.14. The SMILES string of the molecule is C=C(/N=C(/N=C(N)C=C(C)C)c1scc(C)c1C)N[C@@H](C)c1ccc(F)cn1. The lowest BCUT2D eigenvalue weighted by Crippen LogP contribution is -2.19. The second-order valence-corrected chi connectivity index (χ2v) is 7.66. The van der Waals surface area contributed by atoms with E-state index in [-0.39, 0.29) is 11.9 Å². The summed E-state index contributed by atoms with van der Waals surface area (Å²) < 4.78 is 13.1. The van der Waals surface area contributed by atoms with Crippen molar-refractivity contribution >= 4 is 23.0 Å². The molecule has 2 aromatic heterocycles. The Balaban J connectivity index is 2.32. The number of aromatic nitrogens is 1. The fraction of sp³-hybridized carbons (Fsp3) is 0.286. The smallest absolute Gasteiger partial charge is 0.174 e. The lowest BCUT2D eigenvalue weighted by atomic mass is 10.2. The van der Waals surface area contributed by atoms with Gasteiger partial charge in [-0.2, -0.15) is 0 Å². The van der Waals surface area contributed by atoms with Gasteiger partial charge in [0.25, 0.3) is 0 Å². The molecule has 0 aromatic carbocycles. The van der Waals surface area contributed by atoms with Crippen molar-refractivity contribution < 1.29 is 4.39 Å². The number of halogens is 1. The molecule has 0 bridgehead atoms. The maximum atomic E-state index is 13.1. The van der Waals surface area contributed by atoms with Gasteiger partial charge in [0.2, 0.25) is 0 Å². The van der Waals surface area contributed by atoms with E-state index >= 15 is 0 Å². The van der Waals surface area contributed by atoms with Gasteiger partial charge in [0.05, 0.1) is 22.8 Å². The Labute approximate surface area is 169 Å². The minimum Gasteiger partial charge on any atom is -0.384 e. The molecule has 0 radical (unpaired) electrons. The summed E-state index contributed by atoms with van der Waals surface area (Å²) in [6.45, 7) is 13.9. The van der Waals surface area contributed by atoms with Crippen LogP contribution in [-0.2, 0) is 0 Å². The summed E-state index contributed by atoms with van der Waals surface area (Å²) in [5, 5.41) is 5.23. The molecule has 2 heterocycles. The first-order valence-electron chi connectivity index (χ1n) is 8.87. The summed E-state index contributed by atoms with van der Waals surface area (Å²) in [6.07, 6.45) is 2.99. The fourth-order valence-electron chi connectivity index (χ4n) is 2.43. The normalized spacial score (nSPS) is 13.2. The largest absolute Gasteiger partial charge is 0.384 e. The van der Waals surface area contributed by atoms with Crippen LogP contribution in [0.25, 0.3) is 0 Å². The van der Waals surface area contributed by atoms with Crippen molar-refractivity contribution in [3.63, 3.8) is 0 Å². The number of pyridine rings is 1. The minimum absolute atomic E-state index is 0.191. The Hall–Kier alpha value is -2.80. The van der Waals surface area contributed by atoms with E-state index in [1.807, 2.05) is 34.6 Å². The zero-order chi connectivity index (χ0) is 20.8. The number of aliphatic imine (C=N–C) groups is 2. The molecule has 5 nitrogen and oxygen atoms in total. The predicted octanol–water partition coefficient (Wildman–Crippen LogP) is 4.79. The summed E-state index contributed by atoms with van der Waals surface area (Å²) >= 11 is 1.57. The van der Waals surface area contributed by atoms with Crippen molar-refractivity contribution in [2.24, 2.45) is 15.7 Å². The molecule has 148 valence electrons. The van der Waals surface area contributed by atoms with Crippen LogP contribution in [0.4, 0.5) is 4.39 Å². The van der Waals surface area contributed by atoms with Crippen molar-refractivity contribution in [2.45, 2.75) is 40.7 Å². The number of amidine groups is 2. The minimum atomic E-state index is -0.372. The third kappa shape index (κ3) is 5.85. The summed E-state index contributed by atoms with van der Waals surface area (Å²) in [7, 11) is 0. The predicted molar refractivity (Wildman–Crippen MR) is 116 cm³/mol. The summed E-state index contributed by atoms with van der Waals surface area (Å²) in [6, 6.07) is 2.81. The van der Waals surface area contributed by atoms with Crippen LogP contribution >= 0.6 is 11.3 Å². The van der Waals surface area contributed by atoms with Crippen LogP contribution in [-0.4, -0.2) is 16.7 Å². The van der Waals surface area contributed by atoms with Crippen molar-refractivity contribution in [3.8, 4) is 0 Å². The topological polar surface area (TPSA) is 75.7 Å². The van der Waals surface area contributed by atoms with E-state index in [0.29, 0.717) is 23.2 Å². The summed E-state index contributed by atoms with van der Waals surface area (Å²) in [4.78, 5) is 14.1. The first-order valence-corrected chi connectivity index (χ1v) is 9.75.